The number of nitrogens with zero attached hydrogens (tertiary/aromatic N) is 1. The third kappa shape index (κ3) is 4.08. The van der Waals surface area contributed by atoms with E-state index in [1.165, 1.54) is 7.05 Å². The van der Waals surface area contributed by atoms with Gasteiger partial charge in [0.05, 0.1) is 0 Å². The minimum Gasteiger partial charge on any atom is -0.480 e. The molecule has 0 atom stereocenters. The van der Waals surface area contributed by atoms with Crippen LogP contribution in [0, 0.1) is 0 Å². The molecule has 5 nitrogen and oxygen atoms in total. The van der Waals surface area contributed by atoms with Gasteiger partial charge in [-0.25, -0.2) is 4.79 Å². The summed E-state index contributed by atoms with van der Waals surface area (Å²) in [6, 6.07) is 7.15. The second-order valence-corrected chi connectivity index (χ2v) is 4.34. The standard InChI is InChI=1S/C13H17NO4/c1-9(2)10-4-6-11(7-5-10)18-13(17)14(3)8-12(15)16/h4-7,9H,8H2,1-3H3,(H,15,16). The van der Waals surface area contributed by atoms with Crippen molar-refractivity contribution in [2.24, 2.45) is 0 Å². The van der Waals surface area contributed by atoms with E-state index in [2.05, 4.69) is 13.8 Å². The zero-order chi connectivity index (χ0) is 13.7. The highest BCUT2D eigenvalue weighted by Gasteiger charge is 2.14. The summed E-state index contributed by atoms with van der Waals surface area (Å²) in [5.41, 5.74) is 1.15. The van der Waals surface area contributed by atoms with Crippen LogP contribution in [0.1, 0.15) is 25.3 Å². The minimum atomic E-state index is -1.08. The maximum absolute atomic E-state index is 11.5. The summed E-state index contributed by atoms with van der Waals surface area (Å²) in [5.74, 6) is -0.268. The molecule has 1 N–H and O–H groups in total. The first-order valence-electron chi connectivity index (χ1n) is 5.65. The first-order chi connectivity index (χ1) is 8.40. The topological polar surface area (TPSA) is 66.8 Å². The van der Waals surface area contributed by atoms with E-state index in [0.717, 1.165) is 10.5 Å². The van der Waals surface area contributed by atoms with E-state index in [0.29, 0.717) is 11.7 Å². The van der Waals surface area contributed by atoms with Gasteiger partial charge in [0.1, 0.15) is 12.3 Å². The van der Waals surface area contributed by atoms with Crippen molar-refractivity contribution in [2.75, 3.05) is 13.6 Å². The highest BCUT2D eigenvalue weighted by molar-refractivity contribution is 5.77. The average Bonchev–Trinajstić information content (AvgIpc) is 2.28. The monoisotopic (exact) mass is 251 g/mol. The maximum Gasteiger partial charge on any atom is 0.415 e. The van der Waals surface area contributed by atoms with E-state index >= 15 is 0 Å². The van der Waals surface area contributed by atoms with E-state index in [1.807, 2.05) is 12.1 Å². The van der Waals surface area contributed by atoms with E-state index < -0.39 is 12.1 Å². The number of likely N-dealkylation sites (N-methyl/N-ethyl adjacent to an activating group) is 1. The number of carboxylic acids is 1. The zero-order valence-electron chi connectivity index (χ0n) is 10.7. The van der Waals surface area contributed by atoms with Crippen LogP contribution in [-0.4, -0.2) is 35.7 Å². The Morgan fingerprint density at radius 2 is 1.83 bits per heavy atom. The van der Waals surface area contributed by atoms with Gasteiger partial charge in [-0.15, -0.1) is 0 Å². The third-order valence-electron chi connectivity index (χ3n) is 2.44. The Labute approximate surface area is 106 Å². The van der Waals surface area contributed by atoms with Crippen molar-refractivity contribution in [2.45, 2.75) is 19.8 Å². The fourth-order valence-electron chi connectivity index (χ4n) is 1.37. The summed E-state index contributed by atoms with van der Waals surface area (Å²) in [7, 11) is 1.37. The Hall–Kier alpha value is -2.04. The van der Waals surface area contributed by atoms with Crippen LogP contribution in [0.3, 0.4) is 0 Å². The summed E-state index contributed by atoms with van der Waals surface area (Å²) < 4.78 is 5.04. The highest BCUT2D eigenvalue weighted by atomic mass is 16.6. The van der Waals surface area contributed by atoms with E-state index in [-0.39, 0.29) is 6.54 Å². The van der Waals surface area contributed by atoms with Crippen LogP contribution in [0.4, 0.5) is 4.79 Å². The number of hydrogen-bond acceptors (Lipinski definition) is 3. The largest absolute Gasteiger partial charge is 0.480 e. The molecule has 0 fully saturated rings. The maximum atomic E-state index is 11.5. The summed E-state index contributed by atoms with van der Waals surface area (Å²) in [6.07, 6.45) is -0.685. The van der Waals surface area contributed by atoms with Gasteiger partial charge in [-0.1, -0.05) is 26.0 Å². The van der Waals surface area contributed by atoms with Crippen molar-refractivity contribution >= 4 is 12.1 Å². The quantitative estimate of drug-likeness (QED) is 0.891. The second-order valence-electron chi connectivity index (χ2n) is 4.34. The molecule has 1 aromatic carbocycles. The fourth-order valence-corrected chi connectivity index (χ4v) is 1.37. The Morgan fingerprint density at radius 3 is 2.28 bits per heavy atom. The molecule has 0 heterocycles. The molecule has 18 heavy (non-hydrogen) atoms. The Kier molecular flexibility index (Phi) is 4.71. The first kappa shape index (κ1) is 14.0. The third-order valence-corrected chi connectivity index (χ3v) is 2.44. The number of amides is 1. The highest BCUT2D eigenvalue weighted by Crippen LogP contribution is 2.18. The van der Waals surface area contributed by atoms with Crippen LogP contribution in [0.5, 0.6) is 5.75 Å². The second kappa shape index (κ2) is 6.05. The van der Waals surface area contributed by atoms with Crippen molar-refractivity contribution in [3.8, 4) is 5.75 Å². The summed E-state index contributed by atoms with van der Waals surface area (Å²) in [6.45, 7) is 3.76. The number of ether oxygens (including phenoxy) is 1. The van der Waals surface area contributed by atoms with Gasteiger partial charge in [0.15, 0.2) is 0 Å². The SMILES string of the molecule is CC(C)c1ccc(OC(=O)N(C)CC(=O)O)cc1. The molecule has 0 spiro atoms. The smallest absolute Gasteiger partial charge is 0.415 e. The lowest BCUT2D eigenvalue weighted by atomic mass is 10.0. The van der Waals surface area contributed by atoms with Gasteiger partial charge in [-0.3, -0.25) is 9.69 Å². The molecule has 0 aliphatic carbocycles. The number of aliphatic carboxylic acids is 1. The fraction of sp³-hybridized carbons (Fsp3) is 0.385. The molecule has 0 aromatic heterocycles. The number of benzene rings is 1. The number of carbonyl (C=O) groups excluding carboxylic acids is 1. The average molecular weight is 251 g/mol. The molecule has 1 rings (SSSR count). The lowest BCUT2D eigenvalue weighted by Gasteiger charge is -2.14. The molecule has 0 radical (unpaired) electrons. The molecule has 0 aliphatic rings. The van der Waals surface area contributed by atoms with Crippen LogP contribution in [0.2, 0.25) is 0 Å². The van der Waals surface area contributed by atoms with Crippen molar-refractivity contribution in [1.29, 1.82) is 0 Å². The number of hydrogen-bond donors (Lipinski definition) is 1. The Morgan fingerprint density at radius 1 is 1.28 bits per heavy atom. The number of rotatable bonds is 4. The van der Waals surface area contributed by atoms with Crippen LogP contribution in [0.25, 0.3) is 0 Å². The number of carboxylic acid groups (broad SMARTS) is 1. The van der Waals surface area contributed by atoms with Gasteiger partial charge in [0.25, 0.3) is 0 Å². The van der Waals surface area contributed by atoms with Gasteiger partial charge < -0.3 is 9.84 Å². The van der Waals surface area contributed by atoms with Crippen LogP contribution in [0.15, 0.2) is 24.3 Å². The van der Waals surface area contributed by atoms with Crippen molar-refractivity contribution in [1.82, 2.24) is 4.90 Å². The van der Waals surface area contributed by atoms with Gasteiger partial charge in [0, 0.05) is 7.05 Å². The van der Waals surface area contributed by atoms with E-state index in [9.17, 15) is 9.59 Å². The van der Waals surface area contributed by atoms with Crippen LogP contribution >= 0.6 is 0 Å². The predicted molar refractivity (Wildman–Crippen MR) is 66.8 cm³/mol. The molecule has 0 saturated carbocycles. The molecule has 1 amide bonds. The lowest BCUT2D eigenvalue weighted by Crippen LogP contribution is -2.34. The molecule has 0 unspecified atom stereocenters. The van der Waals surface area contributed by atoms with Crippen molar-refractivity contribution in [3.05, 3.63) is 29.8 Å². The van der Waals surface area contributed by atoms with Gasteiger partial charge in [-0.2, -0.15) is 0 Å². The summed E-state index contributed by atoms with van der Waals surface area (Å²) >= 11 is 0. The molecule has 0 aliphatic heterocycles. The molecular weight excluding hydrogens is 234 g/mol. The van der Waals surface area contributed by atoms with E-state index in [4.69, 9.17) is 9.84 Å². The van der Waals surface area contributed by atoms with Crippen LogP contribution < -0.4 is 4.74 Å². The minimum absolute atomic E-state index is 0.386. The van der Waals surface area contributed by atoms with Gasteiger partial charge in [-0.05, 0) is 23.6 Å². The number of carbonyl (C=O) groups is 2. The zero-order valence-corrected chi connectivity index (χ0v) is 10.7. The molecule has 5 heteroatoms. The van der Waals surface area contributed by atoms with Crippen molar-refractivity contribution < 1.29 is 19.4 Å². The predicted octanol–water partition coefficient (Wildman–Crippen LogP) is 2.33. The van der Waals surface area contributed by atoms with Crippen molar-refractivity contribution in [3.63, 3.8) is 0 Å². The molecular formula is C13H17NO4. The van der Waals surface area contributed by atoms with E-state index in [1.54, 1.807) is 12.1 Å². The lowest BCUT2D eigenvalue weighted by molar-refractivity contribution is -0.137. The molecule has 1 aromatic rings. The summed E-state index contributed by atoms with van der Waals surface area (Å²) in [5, 5.41) is 8.55. The normalized spacial score (nSPS) is 10.2. The molecule has 98 valence electrons. The van der Waals surface area contributed by atoms with Crippen LogP contribution in [-0.2, 0) is 4.79 Å². The van der Waals surface area contributed by atoms with Gasteiger partial charge >= 0.3 is 12.1 Å². The van der Waals surface area contributed by atoms with Gasteiger partial charge in [0.2, 0.25) is 0 Å². The molecule has 0 bridgehead atoms. The first-order valence-corrected chi connectivity index (χ1v) is 5.65. The Balaban J connectivity index is 2.62. The summed E-state index contributed by atoms with van der Waals surface area (Å²) in [4.78, 5) is 22.9. The molecule has 0 saturated heterocycles. The Bertz CT molecular complexity index is 425.